The average Bonchev–Trinajstić information content (AvgIpc) is 1.33. The zero-order valence-corrected chi connectivity index (χ0v) is 4.14. The number of nitrogens with one attached hydrogen (secondary N) is 1. The van der Waals surface area contributed by atoms with Crippen LogP contribution in [-0.2, 0) is 0 Å². The van der Waals surface area contributed by atoms with Crippen molar-refractivity contribution in [2.45, 2.75) is 0 Å². The van der Waals surface area contributed by atoms with E-state index in [4.69, 9.17) is 16.2 Å². The Morgan fingerprint density at radius 2 is 2.00 bits per heavy atom. The Hall–Kier alpha value is -1.00. The van der Waals surface area contributed by atoms with E-state index in [0.717, 1.165) is 0 Å². The van der Waals surface area contributed by atoms with Crippen molar-refractivity contribution in [2.75, 3.05) is 0 Å². The summed E-state index contributed by atoms with van der Waals surface area (Å²) in [5.41, 5.74) is 16.6. The van der Waals surface area contributed by atoms with E-state index in [1.165, 1.54) is 0 Å². The molecule has 7 heavy (non-hydrogen) atoms. The zero-order chi connectivity index (χ0) is 6.28. The number of nitrogens with zero attached hydrogens (tertiary/aromatic N) is 2. The predicted octanol–water partition coefficient (Wildman–Crippen LogP) is 0.663. The Bertz CT molecular complexity index is 79.7. The lowest BCUT2D eigenvalue weighted by atomic mass is 11.4. The molecule has 0 saturated carbocycles. The van der Waals surface area contributed by atoms with E-state index in [1.54, 1.807) is 4.91 Å². The van der Waals surface area contributed by atoms with Crippen LogP contribution in [0.15, 0.2) is 0 Å². The molecule has 0 aliphatic carbocycles. The maximum absolute atomic E-state index is 7.56. The SMILES string of the molecule is NC(O)=S.[N-]=[N+]=N. The molecule has 6 heteroatoms. The van der Waals surface area contributed by atoms with Crippen LogP contribution in [0.4, 0.5) is 0 Å². The summed E-state index contributed by atoms with van der Waals surface area (Å²) in [4.78, 5) is 1.75. The van der Waals surface area contributed by atoms with Gasteiger partial charge in [-0.3, -0.25) is 0 Å². The first-order valence-corrected chi connectivity index (χ1v) is 1.55. The third kappa shape index (κ3) is 45.0. The summed E-state index contributed by atoms with van der Waals surface area (Å²) in [6, 6.07) is 0. The molecule has 0 aliphatic rings. The van der Waals surface area contributed by atoms with E-state index in [-0.39, 0.29) is 0 Å². The van der Waals surface area contributed by atoms with E-state index < -0.39 is 5.17 Å². The fourth-order valence-electron chi connectivity index (χ4n) is 0. The van der Waals surface area contributed by atoms with Crippen molar-refractivity contribution in [3.63, 3.8) is 0 Å². The number of hydrogen-bond acceptors (Lipinski definition) is 2. The molecule has 0 radical (unpaired) electrons. The third-order valence-electron chi connectivity index (χ3n) is 0. The molecule has 0 aromatic rings. The van der Waals surface area contributed by atoms with Gasteiger partial charge in [0.05, 0.1) is 0 Å². The van der Waals surface area contributed by atoms with Gasteiger partial charge in [-0.1, -0.05) is 0 Å². The zero-order valence-electron chi connectivity index (χ0n) is 3.33. The van der Waals surface area contributed by atoms with Crippen LogP contribution in [0.5, 0.6) is 0 Å². The Labute approximate surface area is 45.2 Å². The van der Waals surface area contributed by atoms with Gasteiger partial charge < -0.3 is 10.8 Å². The van der Waals surface area contributed by atoms with Gasteiger partial charge in [0.2, 0.25) is 0 Å². The van der Waals surface area contributed by atoms with Crippen LogP contribution in [-0.4, -0.2) is 10.3 Å². The number of thiocarbonyl (C=S) groups is 1. The first kappa shape index (κ1) is 9.38. The maximum atomic E-state index is 7.56. The summed E-state index contributed by atoms with van der Waals surface area (Å²) in [5, 5.41) is 7.06. The van der Waals surface area contributed by atoms with E-state index in [1.807, 2.05) is 0 Å². The fourth-order valence-corrected chi connectivity index (χ4v) is 0. The van der Waals surface area contributed by atoms with Gasteiger partial charge in [0.15, 0.2) is 0 Å². The van der Waals surface area contributed by atoms with Crippen molar-refractivity contribution in [3.05, 3.63) is 10.4 Å². The van der Waals surface area contributed by atoms with Gasteiger partial charge in [0.25, 0.3) is 5.17 Å². The maximum Gasteiger partial charge on any atom is 0.251 e. The monoisotopic (exact) mass is 120 g/mol. The minimum atomic E-state index is -0.500. The molecule has 0 unspecified atom stereocenters. The summed E-state index contributed by atoms with van der Waals surface area (Å²) in [5.74, 6) is 0. The summed E-state index contributed by atoms with van der Waals surface area (Å²) in [6.45, 7) is 0. The van der Waals surface area contributed by atoms with Crippen molar-refractivity contribution in [1.29, 1.82) is 5.53 Å². The second-order valence-corrected chi connectivity index (χ2v) is 0.857. The van der Waals surface area contributed by atoms with Crippen molar-refractivity contribution in [1.82, 2.24) is 0 Å². The number of rotatable bonds is 0. The van der Waals surface area contributed by atoms with Crippen LogP contribution in [0.25, 0.3) is 10.4 Å². The predicted molar refractivity (Wildman–Crippen MR) is 28.9 cm³/mol. The molecule has 0 saturated heterocycles. The Morgan fingerprint density at radius 1 is 2.00 bits per heavy atom. The van der Waals surface area contributed by atoms with Crippen LogP contribution in [0.1, 0.15) is 0 Å². The molecule has 0 atom stereocenters. The lowest BCUT2D eigenvalue weighted by Crippen LogP contribution is -2.03. The average molecular weight is 120 g/mol. The Balaban J connectivity index is 0. The molecule has 4 N–H and O–H groups in total. The third-order valence-corrected chi connectivity index (χ3v) is 0. The van der Waals surface area contributed by atoms with Gasteiger partial charge in [0, 0.05) is 0 Å². The van der Waals surface area contributed by atoms with Gasteiger partial charge >= 0.3 is 0 Å². The van der Waals surface area contributed by atoms with Gasteiger partial charge in [-0.2, -0.15) is 0 Å². The van der Waals surface area contributed by atoms with E-state index >= 15 is 0 Å². The standard InChI is InChI=1S/CH3NOS.HN3/c2-1(3)4;1-3-2/h(H3,2,3,4);1H. The van der Waals surface area contributed by atoms with Crippen LogP contribution < -0.4 is 5.73 Å². The van der Waals surface area contributed by atoms with Crippen molar-refractivity contribution >= 4 is 17.4 Å². The number of nitrogens with two attached hydrogens (primary N) is 1. The lowest BCUT2D eigenvalue weighted by Gasteiger charge is -1.67. The van der Waals surface area contributed by atoms with Crippen molar-refractivity contribution in [2.24, 2.45) is 5.73 Å². The van der Waals surface area contributed by atoms with E-state index in [0.29, 0.717) is 0 Å². The normalized spacial score (nSPS) is 4.57. The quantitative estimate of drug-likeness (QED) is 0.189. The van der Waals surface area contributed by atoms with Gasteiger partial charge in [-0.05, 0) is 22.7 Å². The number of hydrogen-bond donors (Lipinski definition) is 3. The highest BCUT2D eigenvalue weighted by atomic mass is 32.1. The van der Waals surface area contributed by atoms with Crippen molar-refractivity contribution in [3.8, 4) is 0 Å². The first-order chi connectivity index (χ1) is 3.15. The molecule has 0 spiro atoms. The second kappa shape index (κ2) is 8.89. The highest BCUT2D eigenvalue weighted by Gasteiger charge is 1.57. The Morgan fingerprint density at radius 3 is 2.00 bits per heavy atom. The lowest BCUT2D eigenvalue weighted by molar-refractivity contribution is 0.560. The molecule has 40 valence electrons. The summed E-state index contributed by atoms with van der Waals surface area (Å²) in [6.07, 6.45) is 0. The Kier molecular flexibility index (Phi) is 11.9. The minimum Gasteiger partial charge on any atom is -0.487 e. The largest absolute Gasteiger partial charge is 0.487 e. The van der Waals surface area contributed by atoms with Crippen LogP contribution in [0, 0.1) is 5.53 Å². The van der Waals surface area contributed by atoms with Gasteiger partial charge in [-0.15, -0.1) is 5.53 Å². The van der Waals surface area contributed by atoms with Crippen LogP contribution in [0.2, 0.25) is 0 Å². The molecule has 5 nitrogen and oxygen atoms in total. The fraction of sp³-hybridized carbons (Fsp3) is 0. The van der Waals surface area contributed by atoms with E-state index in [2.05, 4.69) is 18.0 Å². The summed E-state index contributed by atoms with van der Waals surface area (Å²) >= 11 is 3.87. The van der Waals surface area contributed by atoms with Crippen LogP contribution in [0.3, 0.4) is 0 Å². The van der Waals surface area contributed by atoms with Gasteiger partial charge in [0.1, 0.15) is 0 Å². The molecular formula is CH4N4OS. The molecule has 0 aromatic carbocycles. The van der Waals surface area contributed by atoms with Crippen LogP contribution >= 0.6 is 12.2 Å². The molecule has 0 heterocycles. The molecule has 0 rings (SSSR count). The topological polar surface area (TPSA) is 106 Å². The number of aliphatic hydroxyl groups is 1. The molecule has 0 bridgehead atoms. The molecule has 0 aromatic heterocycles. The number of aliphatic hydroxyl groups excluding tert-OH is 1. The summed E-state index contributed by atoms with van der Waals surface area (Å²) in [7, 11) is 0. The second-order valence-electron chi connectivity index (χ2n) is 0.438. The van der Waals surface area contributed by atoms with Crippen molar-refractivity contribution < 1.29 is 5.11 Å². The summed E-state index contributed by atoms with van der Waals surface area (Å²) < 4.78 is 0. The minimum absolute atomic E-state index is 0.500. The smallest absolute Gasteiger partial charge is 0.251 e. The highest BCUT2D eigenvalue weighted by molar-refractivity contribution is 7.79. The first-order valence-electron chi connectivity index (χ1n) is 1.14. The molecular weight excluding hydrogens is 116 g/mol. The van der Waals surface area contributed by atoms with E-state index in [9.17, 15) is 0 Å². The van der Waals surface area contributed by atoms with Gasteiger partial charge in [-0.25, -0.2) is 0 Å². The highest BCUT2D eigenvalue weighted by Crippen LogP contribution is 1.40. The molecule has 0 amide bonds. The molecule has 0 aliphatic heterocycles. The molecule has 0 fully saturated rings.